The van der Waals surface area contributed by atoms with Gasteiger partial charge in [-0.3, -0.25) is 9.78 Å². The lowest BCUT2D eigenvalue weighted by molar-refractivity contribution is -0.122. The van der Waals surface area contributed by atoms with Gasteiger partial charge < -0.3 is 5.32 Å². The first-order chi connectivity index (χ1) is 18.9. The van der Waals surface area contributed by atoms with Gasteiger partial charge in [-0.2, -0.15) is 0 Å². The van der Waals surface area contributed by atoms with Crippen LogP contribution < -0.4 is 5.32 Å². The van der Waals surface area contributed by atoms with E-state index in [-0.39, 0.29) is 23.7 Å². The lowest BCUT2D eigenvalue weighted by Gasteiger charge is -2.18. The average Bonchev–Trinajstić information content (AvgIpc) is 3.77. The van der Waals surface area contributed by atoms with Crippen molar-refractivity contribution >= 4 is 22.9 Å². The first-order valence-electron chi connectivity index (χ1n) is 14.1. The highest BCUT2D eigenvalue weighted by molar-refractivity contribution is 5.99. The van der Waals surface area contributed by atoms with Gasteiger partial charge in [-0.15, -0.1) is 0 Å². The Morgan fingerprint density at radius 1 is 0.974 bits per heavy atom. The van der Waals surface area contributed by atoms with Crippen LogP contribution >= 0.6 is 0 Å². The monoisotopic (exact) mass is 520 g/mol. The fraction of sp³-hybridized carbons (Fsp3) is 0.314. The zero-order chi connectivity index (χ0) is 27.4. The summed E-state index contributed by atoms with van der Waals surface area (Å²) in [6, 6.07) is 25.1. The molecule has 200 valence electrons. The highest BCUT2D eigenvalue weighted by Crippen LogP contribution is 2.45. The number of pyridine rings is 1. The number of fused-ring (bicyclic) bond motifs is 1. The Bertz CT molecular complexity index is 1460. The summed E-state index contributed by atoms with van der Waals surface area (Å²) in [6.45, 7) is 6.38. The van der Waals surface area contributed by atoms with Crippen molar-refractivity contribution in [3.8, 4) is 11.1 Å². The van der Waals surface area contributed by atoms with E-state index in [1.54, 1.807) is 0 Å². The van der Waals surface area contributed by atoms with Crippen LogP contribution in [0.4, 0.5) is 4.39 Å². The number of hydrogen-bond donors (Lipinski definition) is 1. The van der Waals surface area contributed by atoms with Crippen LogP contribution in [0.5, 0.6) is 0 Å². The molecule has 4 aromatic rings. The Morgan fingerprint density at radius 3 is 2.38 bits per heavy atom. The second kappa shape index (κ2) is 11.9. The number of benzene rings is 3. The van der Waals surface area contributed by atoms with Crippen LogP contribution in [0.15, 0.2) is 84.9 Å². The van der Waals surface area contributed by atoms with E-state index in [1.807, 2.05) is 61.5 Å². The summed E-state index contributed by atoms with van der Waals surface area (Å²) in [5.74, 6) is 0.864. The SMILES string of the molecule is CC(/C=C/c1c(C2CC2)nc2ccccc2c1-c1ccc(F)cc1)CC(C)CC(=O)NC(C)c1ccccc1. The molecule has 3 atom stereocenters. The largest absolute Gasteiger partial charge is 0.350 e. The van der Waals surface area contributed by atoms with Crippen LogP contribution in [0.1, 0.15) is 75.2 Å². The molecular formula is C35H37FN2O. The number of amides is 1. The number of aromatic nitrogens is 1. The van der Waals surface area contributed by atoms with E-state index in [0.29, 0.717) is 18.3 Å². The normalized spacial score (nSPS) is 15.8. The van der Waals surface area contributed by atoms with Gasteiger partial charge in [-0.05, 0) is 67.3 Å². The van der Waals surface area contributed by atoms with Crippen LogP contribution in [0.2, 0.25) is 0 Å². The molecule has 1 heterocycles. The second-order valence-corrected chi connectivity index (χ2v) is 11.2. The Hall–Kier alpha value is -3.79. The Balaban J connectivity index is 1.34. The summed E-state index contributed by atoms with van der Waals surface area (Å²) in [5, 5.41) is 4.22. The molecule has 0 spiro atoms. The van der Waals surface area contributed by atoms with Crippen LogP contribution in [0, 0.1) is 17.7 Å². The number of allylic oxidation sites excluding steroid dienone is 1. The molecule has 3 unspecified atom stereocenters. The molecule has 3 aromatic carbocycles. The van der Waals surface area contributed by atoms with E-state index >= 15 is 0 Å². The summed E-state index contributed by atoms with van der Waals surface area (Å²) >= 11 is 0. The molecule has 39 heavy (non-hydrogen) atoms. The molecule has 5 rings (SSSR count). The van der Waals surface area contributed by atoms with Crippen LogP contribution in [0.3, 0.4) is 0 Å². The van der Waals surface area contributed by atoms with Gasteiger partial charge in [0.15, 0.2) is 0 Å². The molecular weight excluding hydrogens is 483 g/mol. The molecule has 1 saturated carbocycles. The van der Waals surface area contributed by atoms with E-state index in [9.17, 15) is 9.18 Å². The standard InChI is InChI=1S/C35H37FN2O/c1-23(21-24(2)22-33(39)37-25(3)26-9-5-4-6-10-26)13-20-31-34(27-16-18-29(36)19-17-27)30-11-7-8-12-32(30)38-35(31)28-14-15-28/h4-13,16-20,23-25,28H,14-15,21-22H2,1-3H3,(H,37,39)/b20-13+. The van der Waals surface area contributed by atoms with Crippen molar-refractivity contribution in [1.82, 2.24) is 10.3 Å². The Kier molecular flexibility index (Phi) is 8.21. The van der Waals surface area contributed by atoms with Gasteiger partial charge in [0.1, 0.15) is 5.82 Å². The quantitative estimate of drug-likeness (QED) is 0.227. The molecule has 0 saturated heterocycles. The number of carbonyl (C=O) groups excluding carboxylic acids is 1. The summed E-state index contributed by atoms with van der Waals surface area (Å²) in [6.07, 6.45) is 8.19. The van der Waals surface area contributed by atoms with Crippen molar-refractivity contribution in [3.63, 3.8) is 0 Å². The molecule has 0 radical (unpaired) electrons. The number of para-hydroxylation sites is 1. The number of rotatable bonds is 10. The van der Waals surface area contributed by atoms with Crippen molar-refractivity contribution in [1.29, 1.82) is 0 Å². The fourth-order valence-electron chi connectivity index (χ4n) is 5.51. The second-order valence-electron chi connectivity index (χ2n) is 11.2. The highest BCUT2D eigenvalue weighted by atomic mass is 19.1. The van der Waals surface area contributed by atoms with Gasteiger partial charge in [-0.1, -0.05) is 86.7 Å². The fourth-order valence-corrected chi connectivity index (χ4v) is 5.51. The first kappa shape index (κ1) is 26.8. The van der Waals surface area contributed by atoms with Crippen molar-refractivity contribution in [2.75, 3.05) is 0 Å². The van der Waals surface area contributed by atoms with Crippen molar-refractivity contribution in [2.45, 2.75) is 58.4 Å². The van der Waals surface area contributed by atoms with Gasteiger partial charge in [0, 0.05) is 28.9 Å². The summed E-state index contributed by atoms with van der Waals surface area (Å²) < 4.78 is 13.8. The third-order valence-corrected chi connectivity index (χ3v) is 7.63. The third kappa shape index (κ3) is 6.62. The summed E-state index contributed by atoms with van der Waals surface area (Å²) in [7, 11) is 0. The molecule has 1 aliphatic rings. The molecule has 4 heteroatoms. The molecule has 1 amide bonds. The van der Waals surface area contributed by atoms with Crippen LogP contribution in [-0.4, -0.2) is 10.9 Å². The lowest BCUT2D eigenvalue weighted by Crippen LogP contribution is -2.28. The smallest absolute Gasteiger partial charge is 0.220 e. The minimum atomic E-state index is -0.235. The maximum Gasteiger partial charge on any atom is 0.220 e. The first-order valence-corrected chi connectivity index (χ1v) is 14.1. The van der Waals surface area contributed by atoms with Gasteiger partial charge >= 0.3 is 0 Å². The number of nitrogens with one attached hydrogen (secondary N) is 1. The maximum atomic E-state index is 13.8. The van der Waals surface area contributed by atoms with E-state index in [1.165, 1.54) is 12.1 Å². The highest BCUT2D eigenvalue weighted by Gasteiger charge is 2.29. The molecule has 0 aliphatic heterocycles. The van der Waals surface area contributed by atoms with E-state index in [2.05, 4.69) is 43.4 Å². The maximum absolute atomic E-state index is 13.8. The number of halogens is 1. The Labute approximate surface area is 231 Å². The zero-order valence-electron chi connectivity index (χ0n) is 23.0. The zero-order valence-corrected chi connectivity index (χ0v) is 23.0. The van der Waals surface area contributed by atoms with Gasteiger partial charge in [-0.25, -0.2) is 4.39 Å². The molecule has 1 N–H and O–H groups in total. The summed E-state index contributed by atoms with van der Waals surface area (Å²) in [4.78, 5) is 17.8. The average molecular weight is 521 g/mol. The molecule has 3 nitrogen and oxygen atoms in total. The van der Waals surface area contributed by atoms with Gasteiger partial charge in [0.05, 0.1) is 17.3 Å². The number of carbonyl (C=O) groups is 1. The predicted octanol–water partition coefficient (Wildman–Crippen LogP) is 8.86. The number of nitrogens with zero attached hydrogens (tertiary/aromatic N) is 1. The molecule has 0 bridgehead atoms. The van der Waals surface area contributed by atoms with Crippen LogP contribution in [-0.2, 0) is 4.79 Å². The molecule has 1 aromatic heterocycles. The summed E-state index contributed by atoms with van der Waals surface area (Å²) in [5.41, 5.74) is 6.49. The molecule has 1 fully saturated rings. The third-order valence-electron chi connectivity index (χ3n) is 7.63. The van der Waals surface area contributed by atoms with Gasteiger partial charge in [0.25, 0.3) is 0 Å². The minimum Gasteiger partial charge on any atom is -0.350 e. The minimum absolute atomic E-state index is 0.00523. The van der Waals surface area contributed by atoms with E-state index < -0.39 is 0 Å². The van der Waals surface area contributed by atoms with Crippen LogP contribution in [0.25, 0.3) is 28.1 Å². The van der Waals surface area contributed by atoms with Crippen molar-refractivity contribution in [2.24, 2.45) is 11.8 Å². The van der Waals surface area contributed by atoms with Crippen molar-refractivity contribution in [3.05, 3.63) is 108 Å². The predicted molar refractivity (Wildman–Crippen MR) is 159 cm³/mol. The van der Waals surface area contributed by atoms with E-state index in [4.69, 9.17) is 4.98 Å². The van der Waals surface area contributed by atoms with Gasteiger partial charge in [0.2, 0.25) is 5.91 Å². The molecule has 1 aliphatic carbocycles. The van der Waals surface area contributed by atoms with E-state index in [0.717, 1.165) is 58.1 Å². The number of hydrogen-bond acceptors (Lipinski definition) is 2. The Morgan fingerprint density at radius 2 is 1.67 bits per heavy atom. The topological polar surface area (TPSA) is 42.0 Å². The van der Waals surface area contributed by atoms with Crippen molar-refractivity contribution < 1.29 is 9.18 Å². The lowest BCUT2D eigenvalue weighted by atomic mass is 9.90.